The Bertz CT molecular complexity index is 247. The molecular weight excluding hydrogens is 295 g/mol. The Morgan fingerprint density at radius 2 is 0.765 bits per heavy atom. The van der Waals surface area contributed by atoms with E-state index in [9.17, 15) is 3.67 Å². The molecule has 0 aliphatic heterocycles. The average Bonchev–Trinajstić information content (AvgIpc) is 1.65. The summed E-state index contributed by atoms with van der Waals surface area (Å²) in [7, 11) is -3.55. The molecule has 0 unspecified atom stereocenters. The predicted molar refractivity (Wildman–Crippen MR) is 85.1 cm³/mol. The third kappa shape index (κ3) is 10.6. The summed E-state index contributed by atoms with van der Waals surface area (Å²) in [6, 6.07) is 0. The van der Waals surface area contributed by atoms with Gasteiger partial charge in [-0.3, -0.25) is 0 Å². The molecule has 0 amide bonds. The van der Waals surface area contributed by atoms with Crippen molar-refractivity contribution < 1.29 is 17.7 Å². The minimum absolute atomic E-state index is 1.14. The fraction of sp³-hybridized carbons (Fsp3) is 1.00. The molecule has 5 heteroatoms. The van der Waals surface area contributed by atoms with Crippen LogP contribution in [0.15, 0.2) is 0 Å². The standard InChI is InChI=1S/3C4H11Si.O.V/c3*1-5(2,3)4;;/h3*1H2,2-4H3;;. The van der Waals surface area contributed by atoms with Gasteiger partial charge in [0, 0.05) is 0 Å². The van der Waals surface area contributed by atoms with Crippen molar-refractivity contribution in [3.05, 3.63) is 0 Å². The molecule has 0 aromatic heterocycles. The third-order valence-corrected chi connectivity index (χ3v) is 28.3. The van der Waals surface area contributed by atoms with Crippen LogP contribution in [0.4, 0.5) is 0 Å². The van der Waals surface area contributed by atoms with Crippen molar-refractivity contribution in [3.63, 3.8) is 0 Å². The van der Waals surface area contributed by atoms with Gasteiger partial charge in [-0.2, -0.15) is 0 Å². The molecule has 0 saturated carbocycles. The van der Waals surface area contributed by atoms with Crippen LogP contribution in [0, 0.1) is 0 Å². The van der Waals surface area contributed by atoms with E-state index in [0.717, 1.165) is 14.3 Å². The molecule has 0 bridgehead atoms. The molecule has 0 aliphatic carbocycles. The van der Waals surface area contributed by atoms with Crippen LogP contribution in [0.3, 0.4) is 0 Å². The molecular formula is C12H33OSi3V. The van der Waals surface area contributed by atoms with E-state index in [4.69, 9.17) is 0 Å². The quantitative estimate of drug-likeness (QED) is 0.599. The predicted octanol–water partition coefficient (Wildman–Crippen LogP) is 5.37. The number of rotatable bonds is 6. The summed E-state index contributed by atoms with van der Waals surface area (Å²) < 4.78 is 16.8. The van der Waals surface area contributed by atoms with Crippen LogP contribution >= 0.6 is 0 Å². The van der Waals surface area contributed by atoms with Crippen molar-refractivity contribution in [2.45, 2.75) is 73.2 Å². The molecule has 17 heavy (non-hydrogen) atoms. The summed E-state index contributed by atoms with van der Waals surface area (Å²) in [5.74, 6) is 0. The Kier molecular flexibility index (Phi) is 5.91. The first-order valence-electron chi connectivity index (χ1n) is 6.69. The Labute approximate surface area is 115 Å². The topological polar surface area (TPSA) is 17.1 Å². The van der Waals surface area contributed by atoms with E-state index < -0.39 is 38.2 Å². The second-order valence-corrected chi connectivity index (χ2v) is 33.3. The van der Waals surface area contributed by atoms with Crippen LogP contribution in [-0.4, -0.2) is 24.2 Å². The van der Waals surface area contributed by atoms with Gasteiger partial charge in [0.25, 0.3) is 0 Å². The van der Waals surface area contributed by atoms with Crippen LogP contribution in [0.2, 0.25) is 73.2 Å². The van der Waals surface area contributed by atoms with Crippen molar-refractivity contribution in [1.82, 2.24) is 0 Å². The van der Waals surface area contributed by atoms with Gasteiger partial charge in [0.05, 0.1) is 0 Å². The molecule has 0 atom stereocenters. The molecule has 0 N–H and O–H groups in total. The summed E-state index contributed by atoms with van der Waals surface area (Å²) in [6.45, 7) is 21.5. The maximum absolute atomic E-state index is 13.4. The van der Waals surface area contributed by atoms with E-state index in [-0.39, 0.29) is 0 Å². The maximum atomic E-state index is 13.4. The normalized spacial score (nSPS) is 15.1. The van der Waals surface area contributed by atoms with Gasteiger partial charge in [-0.05, 0) is 0 Å². The Hall–Kier alpha value is 1.04. The molecule has 0 fully saturated rings. The molecule has 0 saturated heterocycles. The third-order valence-electron chi connectivity index (χ3n) is 2.29. The van der Waals surface area contributed by atoms with Crippen molar-refractivity contribution in [2.24, 2.45) is 0 Å². The summed E-state index contributed by atoms with van der Waals surface area (Å²) in [4.78, 5) is 0. The molecule has 0 aromatic rings. The van der Waals surface area contributed by atoms with Gasteiger partial charge in [-0.25, -0.2) is 0 Å². The monoisotopic (exact) mass is 328 g/mol. The first kappa shape index (κ1) is 18.0. The van der Waals surface area contributed by atoms with E-state index in [0.29, 0.717) is 0 Å². The number of hydrogen-bond acceptors (Lipinski definition) is 1. The van der Waals surface area contributed by atoms with Crippen LogP contribution in [0.5, 0.6) is 0 Å². The van der Waals surface area contributed by atoms with Gasteiger partial charge in [-0.1, -0.05) is 0 Å². The Balaban J connectivity index is 5.03. The van der Waals surface area contributed by atoms with Gasteiger partial charge in [0.2, 0.25) is 0 Å². The fourth-order valence-electron chi connectivity index (χ4n) is 2.76. The van der Waals surface area contributed by atoms with Gasteiger partial charge < -0.3 is 0 Å². The Morgan fingerprint density at radius 3 is 0.882 bits per heavy atom. The van der Waals surface area contributed by atoms with Crippen LogP contribution < -0.4 is 0 Å². The zero-order valence-corrected chi connectivity index (χ0v) is 17.9. The molecule has 0 aromatic carbocycles. The molecule has 0 radical (unpaired) electrons. The van der Waals surface area contributed by atoms with Crippen LogP contribution in [-0.2, 0) is 17.7 Å². The second-order valence-electron chi connectivity index (χ2n) is 9.21. The fourth-order valence-corrected chi connectivity index (χ4v) is 38.3. The van der Waals surface area contributed by atoms with Crippen molar-refractivity contribution in [1.29, 1.82) is 0 Å². The average molecular weight is 329 g/mol. The molecule has 0 heterocycles. The summed E-state index contributed by atoms with van der Waals surface area (Å²) in [5.41, 5.74) is 0. The zero-order chi connectivity index (χ0) is 14.1. The molecule has 1 nitrogen and oxygen atoms in total. The van der Waals surface area contributed by atoms with Gasteiger partial charge in [0.1, 0.15) is 0 Å². The summed E-state index contributed by atoms with van der Waals surface area (Å²) in [5, 5.41) is 0. The van der Waals surface area contributed by atoms with Gasteiger partial charge in [-0.15, -0.1) is 0 Å². The van der Waals surface area contributed by atoms with E-state index in [2.05, 4.69) is 58.9 Å². The van der Waals surface area contributed by atoms with Crippen molar-refractivity contribution in [2.75, 3.05) is 0 Å². The summed E-state index contributed by atoms with van der Waals surface area (Å²) >= 11 is -2.60. The van der Waals surface area contributed by atoms with E-state index in [1.165, 1.54) is 0 Å². The molecule has 104 valence electrons. The van der Waals surface area contributed by atoms with Crippen LogP contribution in [0.25, 0.3) is 0 Å². The van der Waals surface area contributed by atoms with Crippen molar-refractivity contribution >= 4 is 24.2 Å². The number of hydrogen-bond donors (Lipinski definition) is 0. The van der Waals surface area contributed by atoms with E-state index in [1.807, 2.05) is 0 Å². The summed E-state index contributed by atoms with van der Waals surface area (Å²) in [6.07, 6.45) is 0. The van der Waals surface area contributed by atoms with Gasteiger partial charge >= 0.3 is 115 Å². The molecule has 0 aliphatic rings. The van der Waals surface area contributed by atoms with Crippen LogP contribution in [0.1, 0.15) is 0 Å². The molecule has 0 rings (SSSR count). The van der Waals surface area contributed by atoms with E-state index in [1.54, 1.807) is 0 Å². The van der Waals surface area contributed by atoms with Crippen molar-refractivity contribution in [3.8, 4) is 0 Å². The zero-order valence-electron chi connectivity index (χ0n) is 13.5. The van der Waals surface area contributed by atoms with Gasteiger partial charge in [0.15, 0.2) is 0 Å². The SMILES string of the molecule is C[Si](C)(C)[CH2][V](=[O])([CH2][Si](C)(C)C)[CH2][Si](C)(C)C. The second kappa shape index (κ2) is 5.57. The van der Waals surface area contributed by atoms with E-state index >= 15 is 0 Å². The molecule has 0 spiro atoms. The first-order chi connectivity index (χ1) is 7.12. The Morgan fingerprint density at radius 1 is 0.588 bits per heavy atom. The first-order valence-corrected chi connectivity index (χ1v) is 21.3. The minimum atomic E-state index is -2.60.